The molecule has 172 valence electrons. The van der Waals surface area contributed by atoms with Crippen molar-refractivity contribution in [1.82, 2.24) is 9.62 Å². The lowest BCUT2D eigenvalue weighted by Crippen LogP contribution is -2.43. The average molecular weight is 478 g/mol. The van der Waals surface area contributed by atoms with Gasteiger partial charge in [-0.15, -0.1) is 0 Å². The third-order valence-corrected chi connectivity index (χ3v) is 7.82. The van der Waals surface area contributed by atoms with Crippen LogP contribution in [0.1, 0.15) is 44.7 Å². The molecule has 1 unspecified atom stereocenters. The maximum atomic E-state index is 12.8. The highest BCUT2D eigenvalue weighted by Crippen LogP contribution is 2.26. The second-order valence-corrected chi connectivity index (χ2v) is 10.3. The second kappa shape index (κ2) is 10.5. The fourth-order valence-electron chi connectivity index (χ4n) is 3.63. The molecule has 1 heterocycles. The van der Waals surface area contributed by atoms with Crippen molar-refractivity contribution < 1.29 is 18.0 Å². The molecule has 7 nitrogen and oxygen atoms in total. The van der Waals surface area contributed by atoms with Crippen LogP contribution in [0.3, 0.4) is 0 Å². The van der Waals surface area contributed by atoms with Gasteiger partial charge in [0, 0.05) is 36.1 Å². The van der Waals surface area contributed by atoms with Gasteiger partial charge in [-0.1, -0.05) is 30.7 Å². The van der Waals surface area contributed by atoms with E-state index in [0.29, 0.717) is 43.1 Å². The molecule has 9 heteroatoms. The summed E-state index contributed by atoms with van der Waals surface area (Å²) in [5.41, 5.74) is 1.64. The van der Waals surface area contributed by atoms with Crippen LogP contribution >= 0.6 is 11.6 Å². The molecular formula is C23H28ClN3O4S. The molecule has 1 fully saturated rings. The standard InChI is InChI=1S/C23H28ClN3O4S/c1-3-22(28)26-20-8-4-17(5-9-20)16(2)25-23(29)18-12-14-27(15-13-18)32(30,31)21-10-6-19(24)7-11-21/h4-11,16,18H,3,12-15H2,1-2H3,(H,25,29)(H,26,28). The van der Waals surface area contributed by atoms with Crippen LogP contribution in [0.15, 0.2) is 53.4 Å². The van der Waals surface area contributed by atoms with Crippen molar-refractivity contribution in [2.24, 2.45) is 5.92 Å². The van der Waals surface area contributed by atoms with Crippen molar-refractivity contribution in [3.63, 3.8) is 0 Å². The Kier molecular flexibility index (Phi) is 7.92. The Hall–Kier alpha value is -2.42. The molecule has 0 aliphatic carbocycles. The van der Waals surface area contributed by atoms with Gasteiger partial charge in [0.05, 0.1) is 10.9 Å². The molecule has 2 N–H and O–H groups in total. The Balaban J connectivity index is 1.54. The summed E-state index contributed by atoms with van der Waals surface area (Å²) < 4.78 is 27.0. The fraction of sp³-hybridized carbons (Fsp3) is 0.391. The number of hydrogen-bond acceptors (Lipinski definition) is 4. The first-order valence-corrected chi connectivity index (χ1v) is 12.5. The third-order valence-electron chi connectivity index (χ3n) is 5.65. The summed E-state index contributed by atoms with van der Waals surface area (Å²) in [6.07, 6.45) is 1.34. The molecule has 1 aliphatic rings. The van der Waals surface area contributed by atoms with Gasteiger partial charge in [0.1, 0.15) is 0 Å². The number of anilines is 1. The first-order valence-electron chi connectivity index (χ1n) is 10.7. The molecule has 32 heavy (non-hydrogen) atoms. The third kappa shape index (κ3) is 5.88. The number of carbonyl (C=O) groups excluding carboxylic acids is 2. The minimum atomic E-state index is -3.60. The van der Waals surface area contributed by atoms with Gasteiger partial charge < -0.3 is 10.6 Å². The molecule has 1 atom stereocenters. The first kappa shape index (κ1) is 24.2. The Morgan fingerprint density at radius 3 is 2.22 bits per heavy atom. The average Bonchev–Trinajstić information content (AvgIpc) is 2.79. The van der Waals surface area contributed by atoms with E-state index in [1.54, 1.807) is 19.1 Å². The van der Waals surface area contributed by atoms with Crippen LogP contribution in [0, 0.1) is 5.92 Å². The number of amides is 2. The SMILES string of the molecule is CCC(=O)Nc1ccc(C(C)NC(=O)C2CCN(S(=O)(=O)c3ccc(Cl)cc3)CC2)cc1. The predicted octanol–water partition coefficient (Wildman–Crippen LogP) is 3.97. The molecule has 0 saturated carbocycles. The Morgan fingerprint density at radius 1 is 1.06 bits per heavy atom. The quantitative estimate of drug-likeness (QED) is 0.630. The van der Waals surface area contributed by atoms with Gasteiger partial charge >= 0.3 is 0 Å². The van der Waals surface area contributed by atoms with E-state index in [0.717, 1.165) is 5.56 Å². The number of sulfonamides is 1. The van der Waals surface area contributed by atoms with E-state index in [-0.39, 0.29) is 28.7 Å². The Morgan fingerprint density at radius 2 is 1.66 bits per heavy atom. The van der Waals surface area contributed by atoms with Gasteiger partial charge in [-0.3, -0.25) is 9.59 Å². The van der Waals surface area contributed by atoms with Gasteiger partial charge in [-0.25, -0.2) is 8.42 Å². The molecule has 0 aromatic heterocycles. The van der Waals surface area contributed by atoms with E-state index in [2.05, 4.69) is 10.6 Å². The van der Waals surface area contributed by atoms with Crippen LogP contribution in [0.2, 0.25) is 5.02 Å². The van der Waals surface area contributed by atoms with Crippen molar-refractivity contribution in [3.05, 3.63) is 59.1 Å². The van der Waals surface area contributed by atoms with Crippen LogP contribution in [-0.2, 0) is 19.6 Å². The van der Waals surface area contributed by atoms with E-state index in [9.17, 15) is 18.0 Å². The molecule has 2 aromatic carbocycles. The first-order chi connectivity index (χ1) is 15.2. The van der Waals surface area contributed by atoms with E-state index >= 15 is 0 Å². The van der Waals surface area contributed by atoms with Crippen LogP contribution in [0.25, 0.3) is 0 Å². The van der Waals surface area contributed by atoms with Gasteiger partial charge in [0.25, 0.3) is 0 Å². The van der Waals surface area contributed by atoms with Gasteiger partial charge in [0.15, 0.2) is 0 Å². The summed E-state index contributed by atoms with van der Waals surface area (Å²) >= 11 is 5.85. The molecule has 1 saturated heterocycles. The van der Waals surface area contributed by atoms with E-state index in [1.807, 2.05) is 31.2 Å². The Bertz CT molecular complexity index is 1050. The van der Waals surface area contributed by atoms with Crippen LogP contribution in [0.4, 0.5) is 5.69 Å². The number of hydrogen-bond donors (Lipinski definition) is 2. The monoisotopic (exact) mass is 477 g/mol. The predicted molar refractivity (Wildman–Crippen MR) is 125 cm³/mol. The van der Waals surface area contributed by atoms with Crippen LogP contribution in [-0.4, -0.2) is 37.6 Å². The summed E-state index contributed by atoms with van der Waals surface area (Å²) in [6.45, 7) is 4.28. The minimum Gasteiger partial charge on any atom is -0.349 e. The number of carbonyl (C=O) groups is 2. The highest BCUT2D eigenvalue weighted by molar-refractivity contribution is 7.89. The summed E-state index contributed by atoms with van der Waals surface area (Å²) in [5.74, 6) is -0.370. The smallest absolute Gasteiger partial charge is 0.243 e. The number of benzene rings is 2. The number of halogens is 1. The highest BCUT2D eigenvalue weighted by Gasteiger charge is 2.32. The molecule has 2 amide bonds. The highest BCUT2D eigenvalue weighted by atomic mass is 35.5. The lowest BCUT2D eigenvalue weighted by molar-refractivity contribution is -0.126. The van der Waals surface area contributed by atoms with E-state index in [1.165, 1.54) is 16.4 Å². The van der Waals surface area contributed by atoms with Crippen molar-refractivity contribution >= 4 is 39.1 Å². The normalized spacial score (nSPS) is 16.3. The Labute approximate surface area is 194 Å². The van der Waals surface area contributed by atoms with Gasteiger partial charge in [-0.2, -0.15) is 4.31 Å². The number of nitrogens with one attached hydrogen (secondary N) is 2. The summed E-state index contributed by atoms with van der Waals surface area (Å²) in [5, 5.41) is 6.29. The largest absolute Gasteiger partial charge is 0.349 e. The lowest BCUT2D eigenvalue weighted by atomic mass is 9.96. The molecule has 0 spiro atoms. The maximum Gasteiger partial charge on any atom is 0.243 e. The van der Waals surface area contributed by atoms with Gasteiger partial charge in [0.2, 0.25) is 21.8 Å². The molecule has 2 aromatic rings. The van der Waals surface area contributed by atoms with Crippen molar-refractivity contribution in [3.8, 4) is 0 Å². The van der Waals surface area contributed by atoms with E-state index in [4.69, 9.17) is 11.6 Å². The zero-order valence-electron chi connectivity index (χ0n) is 18.2. The number of rotatable bonds is 7. The van der Waals surface area contributed by atoms with Crippen molar-refractivity contribution in [2.45, 2.75) is 44.0 Å². The van der Waals surface area contributed by atoms with E-state index < -0.39 is 10.0 Å². The summed E-state index contributed by atoms with van der Waals surface area (Å²) in [7, 11) is -3.60. The fourth-order valence-corrected chi connectivity index (χ4v) is 5.23. The maximum absolute atomic E-state index is 12.8. The number of piperidine rings is 1. The van der Waals surface area contributed by atoms with Crippen molar-refractivity contribution in [2.75, 3.05) is 18.4 Å². The lowest BCUT2D eigenvalue weighted by Gasteiger charge is -2.31. The van der Waals surface area contributed by atoms with Crippen LogP contribution in [0.5, 0.6) is 0 Å². The zero-order chi connectivity index (χ0) is 23.3. The zero-order valence-corrected chi connectivity index (χ0v) is 19.7. The second-order valence-electron chi connectivity index (χ2n) is 7.89. The molecular weight excluding hydrogens is 450 g/mol. The molecule has 0 radical (unpaired) electrons. The topological polar surface area (TPSA) is 95.6 Å². The summed E-state index contributed by atoms with van der Waals surface area (Å²) in [4.78, 5) is 24.4. The van der Waals surface area contributed by atoms with Crippen molar-refractivity contribution in [1.29, 1.82) is 0 Å². The number of nitrogens with zero attached hydrogens (tertiary/aromatic N) is 1. The molecule has 3 rings (SSSR count). The summed E-state index contributed by atoms with van der Waals surface area (Å²) in [6, 6.07) is 13.3. The van der Waals surface area contributed by atoms with Crippen LogP contribution < -0.4 is 10.6 Å². The minimum absolute atomic E-state index is 0.0523. The van der Waals surface area contributed by atoms with Gasteiger partial charge in [-0.05, 0) is 61.7 Å². The molecule has 0 bridgehead atoms. The molecule has 1 aliphatic heterocycles.